The second-order valence-electron chi connectivity index (χ2n) is 2.97. The van der Waals surface area contributed by atoms with Crippen LogP contribution in [-0.4, -0.2) is 26.7 Å². The highest BCUT2D eigenvalue weighted by Gasteiger charge is 2.17. The molecule has 1 aliphatic rings. The summed E-state index contributed by atoms with van der Waals surface area (Å²) < 4.78 is 28.4. The number of ether oxygens (including phenoxy) is 1. The molecule has 0 aromatic heterocycles. The van der Waals surface area contributed by atoms with Gasteiger partial charge in [0, 0.05) is 0 Å². The van der Waals surface area contributed by atoms with E-state index in [4.69, 9.17) is 4.74 Å². The summed E-state index contributed by atoms with van der Waals surface area (Å²) in [6.07, 6.45) is 0.683. The second-order valence-corrected chi connectivity index (χ2v) is 6.98. The number of rotatable bonds is 5. The van der Waals surface area contributed by atoms with Crippen LogP contribution in [0.2, 0.25) is 0 Å². The first-order chi connectivity index (χ1) is 7.53. The normalized spacial score (nSPS) is 15.2. The molecule has 1 rings (SSSR count). The molecular formula is C9H12O4S3. The summed E-state index contributed by atoms with van der Waals surface area (Å²) in [6, 6.07) is 0. The summed E-state index contributed by atoms with van der Waals surface area (Å²) in [6.45, 7) is 2.11. The zero-order valence-electron chi connectivity index (χ0n) is 8.71. The highest BCUT2D eigenvalue weighted by Crippen LogP contribution is 2.37. The highest BCUT2D eigenvalue weighted by atomic mass is 32.2. The van der Waals surface area contributed by atoms with Gasteiger partial charge < -0.3 is 4.74 Å². The minimum atomic E-state index is -3.51. The summed E-state index contributed by atoms with van der Waals surface area (Å²) in [7, 11) is -3.51. The number of carbonyl (C=O) groups is 1. The molecule has 0 spiro atoms. The third-order valence-electron chi connectivity index (χ3n) is 1.49. The van der Waals surface area contributed by atoms with Gasteiger partial charge in [-0.3, -0.25) is 4.79 Å². The number of hydrogen-bond acceptors (Lipinski definition) is 6. The molecule has 0 radical (unpaired) electrons. The van der Waals surface area contributed by atoms with Gasteiger partial charge >= 0.3 is 5.97 Å². The number of sulfone groups is 1. The molecule has 16 heavy (non-hydrogen) atoms. The molecule has 0 N–H and O–H groups in total. The van der Waals surface area contributed by atoms with Gasteiger partial charge in [-0.2, -0.15) is 0 Å². The summed E-state index contributed by atoms with van der Waals surface area (Å²) in [5, 5.41) is 4.71. The maximum Gasteiger partial charge on any atom is 0.321 e. The van der Waals surface area contributed by atoms with Gasteiger partial charge in [-0.1, -0.05) is 30.4 Å². The standard InChI is InChI=1S/C9H12O4S3/c1-2-3-13-8(10)6-16(11,12)7-9-14-4-5-15-9/h4-5,7H,2-3,6H2,1H3. The zero-order chi connectivity index (χ0) is 12.0. The largest absolute Gasteiger partial charge is 0.465 e. The van der Waals surface area contributed by atoms with Crippen molar-refractivity contribution in [2.24, 2.45) is 0 Å². The molecule has 0 aromatic carbocycles. The number of hydrogen-bond donors (Lipinski definition) is 0. The minimum Gasteiger partial charge on any atom is -0.465 e. The Balaban J connectivity index is 2.51. The Morgan fingerprint density at radius 1 is 1.44 bits per heavy atom. The number of thioether (sulfide) groups is 2. The summed E-state index contributed by atoms with van der Waals surface area (Å²) in [5.41, 5.74) is 0. The van der Waals surface area contributed by atoms with Crippen molar-refractivity contribution in [2.45, 2.75) is 13.3 Å². The highest BCUT2D eigenvalue weighted by molar-refractivity contribution is 8.28. The first kappa shape index (κ1) is 13.7. The maximum atomic E-state index is 11.5. The van der Waals surface area contributed by atoms with Crippen molar-refractivity contribution in [1.29, 1.82) is 0 Å². The molecule has 1 heterocycles. The Labute approximate surface area is 103 Å². The average molecular weight is 280 g/mol. The summed E-state index contributed by atoms with van der Waals surface area (Å²) in [4.78, 5) is 11.1. The van der Waals surface area contributed by atoms with Gasteiger partial charge in [0.15, 0.2) is 15.6 Å². The first-order valence-corrected chi connectivity index (χ1v) is 8.09. The van der Waals surface area contributed by atoms with E-state index in [1.807, 2.05) is 6.92 Å². The molecule has 0 unspecified atom stereocenters. The van der Waals surface area contributed by atoms with Crippen LogP contribution in [0.4, 0.5) is 0 Å². The quantitative estimate of drug-likeness (QED) is 0.719. The Morgan fingerprint density at radius 3 is 2.62 bits per heavy atom. The molecule has 0 aliphatic carbocycles. The molecule has 1 aliphatic heterocycles. The van der Waals surface area contributed by atoms with Crippen LogP contribution in [0.5, 0.6) is 0 Å². The SMILES string of the molecule is CCCOC(=O)CS(=O)(=O)C=C1SC=CS1. The fourth-order valence-corrected chi connectivity index (χ4v) is 4.26. The van der Waals surface area contributed by atoms with Crippen LogP contribution in [-0.2, 0) is 19.4 Å². The monoisotopic (exact) mass is 280 g/mol. The van der Waals surface area contributed by atoms with Crippen LogP contribution in [0.1, 0.15) is 13.3 Å². The lowest BCUT2D eigenvalue weighted by atomic mass is 10.5. The third-order valence-corrected chi connectivity index (χ3v) is 5.01. The van der Waals surface area contributed by atoms with Crippen LogP contribution in [0, 0.1) is 0 Å². The van der Waals surface area contributed by atoms with Gasteiger partial charge in [0.25, 0.3) is 0 Å². The van der Waals surface area contributed by atoms with Crippen molar-refractivity contribution in [1.82, 2.24) is 0 Å². The van der Waals surface area contributed by atoms with Crippen LogP contribution >= 0.6 is 23.5 Å². The molecule has 7 heteroatoms. The summed E-state index contributed by atoms with van der Waals surface area (Å²) >= 11 is 2.65. The van der Waals surface area contributed by atoms with E-state index in [0.717, 1.165) is 5.41 Å². The van der Waals surface area contributed by atoms with E-state index in [1.54, 1.807) is 10.8 Å². The molecular weight excluding hydrogens is 268 g/mol. The molecule has 0 fully saturated rings. The fourth-order valence-electron chi connectivity index (χ4n) is 0.883. The molecule has 0 amide bonds. The predicted octanol–water partition coefficient (Wildman–Crippen LogP) is 2.10. The van der Waals surface area contributed by atoms with E-state index < -0.39 is 21.6 Å². The second kappa shape index (κ2) is 6.36. The van der Waals surface area contributed by atoms with E-state index in [9.17, 15) is 13.2 Å². The Morgan fingerprint density at radius 2 is 2.06 bits per heavy atom. The molecule has 0 bridgehead atoms. The Bertz CT molecular complexity index is 398. The van der Waals surface area contributed by atoms with Crippen molar-refractivity contribution in [3.05, 3.63) is 20.5 Å². The lowest BCUT2D eigenvalue weighted by Gasteiger charge is -2.02. The van der Waals surface area contributed by atoms with Crippen LogP contribution in [0.3, 0.4) is 0 Å². The fraction of sp³-hybridized carbons (Fsp3) is 0.444. The smallest absolute Gasteiger partial charge is 0.321 e. The average Bonchev–Trinajstić information content (AvgIpc) is 2.65. The van der Waals surface area contributed by atoms with Gasteiger partial charge in [-0.15, -0.1) is 0 Å². The Kier molecular flexibility index (Phi) is 5.43. The third kappa shape index (κ3) is 5.09. The molecule has 0 saturated heterocycles. The van der Waals surface area contributed by atoms with Gasteiger partial charge in [-0.05, 0) is 17.2 Å². The van der Waals surface area contributed by atoms with Gasteiger partial charge in [0.05, 0.1) is 16.3 Å². The van der Waals surface area contributed by atoms with Gasteiger partial charge in [0.2, 0.25) is 0 Å². The molecule has 0 saturated carbocycles. The van der Waals surface area contributed by atoms with Crippen molar-refractivity contribution in [3.63, 3.8) is 0 Å². The van der Waals surface area contributed by atoms with Crippen molar-refractivity contribution >= 4 is 39.3 Å². The van der Waals surface area contributed by atoms with E-state index in [0.29, 0.717) is 10.7 Å². The maximum absolute atomic E-state index is 11.5. The zero-order valence-corrected chi connectivity index (χ0v) is 11.2. The van der Waals surface area contributed by atoms with Crippen LogP contribution in [0.15, 0.2) is 20.5 Å². The van der Waals surface area contributed by atoms with Crippen LogP contribution < -0.4 is 0 Å². The lowest BCUT2D eigenvalue weighted by Crippen LogP contribution is -2.17. The Hall–Kier alpha value is -0.400. The van der Waals surface area contributed by atoms with E-state index in [2.05, 4.69) is 0 Å². The van der Waals surface area contributed by atoms with Crippen LogP contribution in [0.25, 0.3) is 0 Å². The first-order valence-electron chi connectivity index (χ1n) is 4.62. The molecule has 0 atom stereocenters. The predicted molar refractivity (Wildman–Crippen MR) is 67.4 cm³/mol. The van der Waals surface area contributed by atoms with Crippen molar-refractivity contribution in [2.75, 3.05) is 12.4 Å². The molecule has 90 valence electrons. The van der Waals surface area contributed by atoms with Crippen molar-refractivity contribution < 1.29 is 17.9 Å². The van der Waals surface area contributed by atoms with Gasteiger partial charge in [-0.25, -0.2) is 8.42 Å². The van der Waals surface area contributed by atoms with E-state index in [1.165, 1.54) is 23.5 Å². The van der Waals surface area contributed by atoms with Crippen molar-refractivity contribution in [3.8, 4) is 0 Å². The number of carbonyl (C=O) groups excluding carboxylic acids is 1. The molecule has 4 nitrogen and oxygen atoms in total. The number of esters is 1. The summed E-state index contributed by atoms with van der Waals surface area (Å²) in [5.74, 6) is -1.28. The molecule has 0 aromatic rings. The van der Waals surface area contributed by atoms with E-state index >= 15 is 0 Å². The lowest BCUT2D eigenvalue weighted by molar-refractivity contribution is -0.140. The van der Waals surface area contributed by atoms with E-state index in [-0.39, 0.29) is 6.61 Å². The minimum absolute atomic E-state index is 0.260. The van der Waals surface area contributed by atoms with Gasteiger partial charge in [0.1, 0.15) is 0 Å². The topological polar surface area (TPSA) is 60.4 Å².